The van der Waals surface area contributed by atoms with Crippen molar-refractivity contribution in [2.45, 2.75) is 78.7 Å². The highest BCUT2D eigenvalue weighted by Crippen LogP contribution is 2.38. The van der Waals surface area contributed by atoms with Crippen LogP contribution in [0.15, 0.2) is 30.3 Å². The molecule has 0 saturated carbocycles. The monoisotopic (exact) mass is 504 g/mol. The van der Waals surface area contributed by atoms with E-state index < -0.39 is 0 Å². The summed E-state index contributed by atoms with van der Waals surface area (Å²) in [5.74, 6) is 1.35. The van der Waals surface area contributed by atoms with E-state index in [0.29, 0.717) is 24.3 Å². The SMILES string of the molecule is Cc1cc(-c2[nH]c3ccc(C4CCN(CC(=O)NC(CO)CC(C)C)CC4)cc3c2C(C)C)cc(C)n1. The molecule has 1 aliphatic rings. The number of aliphatic hydroxyl groups is 1. The third-order valence-electron chi connectivity index (χ3n) is 7.58. The van der Waals surface area contributed by atoms with E-state index in [9.17, 15) is 9.90 Å². The molecule has 6 heteroatoms. The number of nitrogens with zero attached hydrogens (tertiary/aromatic N) is 2. The van der Waals surface area contributed by atoms with Crippen LogP contribution in [-0.4, -0.2) is 58.2 Å². The minimum atomic E-state index is -0.155. The first-order chi connectivity index (χ1) is 17.6. The van der Waals surface area contributed by atoms with Crippen LogP contribution in [0.25, 0.3) is 22.2 Å². The number of carbonyl (C=O) groups excluding carboxylic acids is 1. The van der Waals surface area contributed by atoms with Crippen molar-refractivity contribution in [3.63, 3.8) is 0 Å². The van der Waals surface area contributed by atoms with Gasteiger partial charge in [-0.2, -0.15) is 0 Å². The van der Waals surface area contributed by atoms with Crippen LogP contribution < -0.4 is 5.32 Å². The van der Waals surface area contributed by atoms with Gasteiger partial charge in [-0.05, 0) is 99.3 Å². The van der Waals surface area contributed by atoms with Gasteiger partial charge in [-0.15, -0.1) is 0 Å². The van der Waals surface area contributed by atoms with Crippen molar-refractivity contribution in [3.05, 3.63) is 52.8 Å². The fraction of sp³-hybridized carbons (Fsp3) is 0.548. The van der Waals surface area contributed by atoms with Crippen molar-refractivity contribution < 1.29 is 9.90 Å². The second-order valence-corrected chi connectivity index (χ2v) is 11.6. The summed E-state index contributed by atoms with van der Waals surface area (Å²) < 4.78 is 0. The Bertz CT molecular complexity index is 1200. The van der Waals surface area contributed by atoms with Crippen LogP contribution in [0.4, 0.5) is 0 Å². The minimum Gasteiger partial charge on any atom is -0.394 e. The number of carbonyl (C=O) groups is 1. The molecule has 1 fully saturated rings. The average molecular weight is 505 g/mol. The lowest BCUT2D eigenvalue weighted by Gasteiger charge is -2.32. The predicted molar refractivity (Wildman–Crippen MR) is 152 cm³/mol. The molecule has 2 aromatic heterocycles. The fourth-order valence-corrected chi connectivity index (χ4v) is 5.94. The van der Waals surface area contributed by atoms with Gasteiger partial charge in [0.25, 0.3) is 0 Å². The predicted octanol–water partition coefficient (Wildman–Crippen LogP) is 5.67. The topological polar surface area (TPSA) is 81.2 Å². The van der Waals surface area contributed by atoms with Crippen molar-refractivity contribution in [2.24, 2.45) is 5.92 Å². The number of aromatic amines is 1. The summed E-state index contributed by atoms with van der Waals surface area (Å²) in [6.07, 6.45) is 2.89. The number of piperidine rings is 1. The molecule has 1 atom stereocenters. The average Bonchev–Trinajstić information content (AvgIpc) is 3.22. The fourth-order valence-electron chi connectivity index (χ4n) is 5.94. The normalized spacial score (nSPS) is 16.1. The van der Waals surface area contributed by atoms with Crippen LogP contribution in [0, 0.1) is 19.8 Å². The molecule has 4 rings (SSSR count). The van der Waals surface area contributed by atoms with Crippen molar-refractivity contribution >= 4 is 16.8 Å². The highest BCUT2D eigenvalue weighted by Gasteiger charge is 2.24. The molecule has 3 heterocycles. The minimum absolute atomic E-state index is 0.00587. The molecule has 0 radical (unpaired) electrons. The van der Waals surface area contributed by atoms with Gasteiger partial charge in [0.15, 0.2) is 0 Å². The van der Waals surface area contributed by atoms with Gasteiger partial charge in [0.2, 0.25) is 5.91 Å². The molecule has 3 aromatic rings. The van der Waals surface area contributed by atoms with Crippen molar-refractivity contribution in [3.8, 4) is 11.3 Å². The first kappa shape index (κ1) is 27.3. The summed E-state index contributed by atoms with van der Waals surface area (Å²) in [5.41, 5.74) is 8.43. The number of aliphatic hydroxyl groups excluding tert-OH is 1. The Hall–Kier alpha value is -2.70. The van der Waals surface area contributed by atoms with Crippen molar-refractivity contribution in [1.29, 1.82) is 0 Å². The van der Waals surface area contributed by atoms with Gasteiger partial charge in [0.05, 0.1) is 24.9 Å². The van der Waals surface area contributed by atoms with E-state index in [1.807, 2.05) is 0 Å². The molecule has 0 aliphatic carbocycles. The van der Waals surface area contributed by atoms with Crippen LogP contribution in [0.1, 0.15) is 81.3 Å². The number of nitrogens with one attached hydrogen (secondary N) is 2. The maximum Gasteiger partial charge on any atom is 0.234 e. The zero-order chi connectivity index (χ0) is 26.7. The molecule has 1 aromatic carbocycles. The Morgan fingerprint density at radius 1 is 1.11 bits per heavy atom. The number of amides is 1. The molecule has 1 saturated heterocycles. The Kier molecular flexibility index (Phi) is 8.71. The van der Waals surface area contributed by atoms with E-state index in [1.165, 1.54) is 33.3 Å². The van der Waals surface area contributed by atoms with E-state index in [0.717, 1.165) is 43.7 Å². The smallest absolute Gasteiger partial charge is 0.234 e. The lowest BCUT2D eigenvalue weighted by atomic mass is 9.87. The van der Waals surface area contributed by atoms with Crippen LogP contribution in [-0.2, 0) is 4.79 Å². The molecule has 0 bridgehead atoms. The van der Waals surface area contributed by atoms with Gasteiger partial charge in [-0.1, -0.05) is 33.8 Å². The van der Waals surface area contributed by atoms with Gasteiger partial charge in [0, 0.05) is 27.9 Å². The third kappa shape index (κ3) is 6.60. The second-order valence-electron chi connectivity index (χ2n) is 11.6. The summed E-state index contributed by atoms with van der Waals surface area (Å²) in [4.78, 5) is 23.1. The number of aryl methyl sites for hydroxylation is 2. The Morgan fingerprint density at radius 3 is 2.38 bits per heavy atom. The first-order valence-electron chi connectivity index (χ1n) is 13.9. The lowest BCUT2D eigenvalue weighted by molar-refractivity contribution is -0.123. The summed E-state index contributed by atoms with van der Waals surface area (Å²) in [6.45, 7) is 15.1. The van der Waals surface area contributed by atoms with Gasteiger partial charge >= 0.3 is 0 Å². The number of pyridine rings is 1. The van der Waals surface area contributed by atoms with Gasteiger partial charge in [-0.25, -0.2) is 0 Å². The van der Waals surface area contributed by atoms with Crippen LogP contribution >= 0.6 is 0 Å². The third-order valence-corrected chi connectivity index (χ3v) is 7.58. The van der Waals surface area contributed by atoms with Gasteiger partial charge < -0.3 is 15.4 Å². The zero-order valence-electron chi connectivity index (χ0n) is 23.4. The van der Waals surface area contributed by atoms with Crippen molar-refractivity contribution in [2.75, 3.05) is 26.2 Å². The summed E-state index contributed by atoms with van der Waals surface area (Å²) in [6, 6.07) is 11.1. The van der Waals surface area contributed by atoms with E-state index >= 15 is 0 Å². The quantitative estimate of drug-likeness (QED) is 0.351. The van der Waals surface area contributed by atoms with Gasteiger partial charge in [0.1, 0.15) is 0 Å². The molecular weight excluding hydrogens is 460 g/mol. The van der Waals surface area contributed by atoms with Crippen molar-refractivity contribution in [1.82, 2.24) is 20.2 Å². The second kappa shape index (κ2) is 11.8. The number of fused-ring (bicyclic) bond motifs is 1. The number of likely N-dealkylation sites (tertiary alicyclic amines) is 1. The molecule has 0 spiro atoms. The number of H-pyrrole nitrogens is 1. The maximum atomic E-state index is 12.6. The lowest BCUT2D eigenvalue weighted by Crippen LogP contribution is -2.45. The van der Waals surface area contributed by atoms with Crippen LogP contribution in [0.5, 0.6) is 0 Å². The number of hydrogen-bond donors (Lipinski definition) is 3. The highest BCUT2D eigenvalue weighted by molar-refractivity contribution is 5.92. The summed E-state index contributed by atoms with van der Waals surface area (Å²) in [7, 11) is 0. The molecule has 1 amide bonds. The van der Waals surface area contributed by atoms with E-state index in [1.54, 1.807) is 0 Å². The molecule has 6 nitrogen and oxygen atoms in total. The number of hydrogen-bond acceptors (Lipinski definition) is 4. The van der Waals surface area contributed by atoms with E-state index in [-0.39, 0.29) is 18.6 Å². The zero-order valence-corrected chi connectivity index (χ0v) is 23.4. The van der Waals surface area contributed by atoms with Crippen LogP contribution in [0.3, 0.4) is 0 Å². The van der Waals surface area contributed by atoms with Gasteiger partial charge in [-0.3, -0.25) is 14.7 Å². The summed E-state index contributed by atoms with van der Waals surface area (Å²) >= 11 is 0. The van der Waals surface area contributed by atoms with E-state index in [4.69, 9.17) is 0 Å². The molecule has 37 heavy (non-hydrogen) atoms. The summed E-state index contributed by atoms with van der Waals surface area (Å²) in [5, 5.41) is 13.9. The largest absolute Gasteiger partial charge is 0.394 e. The Labute approximate surface area is 221 Å². The molecule has 200 valence electrons. The van der Waals surface area contributed by atoms with E-state index in [2.05, 4.69) is 92.1 Å². The maximum absolute atomic E-state index is 12.6. The number of rotatable bonds is 9. The molecule has 1 aliphatic heterocycles. The molecule has 1 unspecified atom stereocenters. The number of aromatic nitrogens is 2. The highest BCUT2D eigenvalue weighted by atomic mass is 16.3. The molecular formula is C31H44N4O2. The standard InChI is InChI=1S/C31H44N4O2/c1-19(2)13-26(18-36)33-29(37)17-35-11-9-23(10-12-35)24-7-8-28-27(16-24)30(20(3)4)31(34-28)25-14-21(5)32-22(6)15-25/h7-8,14-16,19-20,23,26,34,36H,9-13,17-18H2,1-6H3,(H,33,37). The molecule has 3 N–H and O–H groups in total. The first-order valence-corrected chi connectivity index (χ1v) is 13.9. The number of benzene rings is 1. The Morgan fingerprint density at radius 2 is 1.78 bits per heavy atom. The Balaban J connectivity index is 1.47. The van der Waals surface area contributed by atoms with Crippen LogP contribution in [0.2, 0.25) is 0 Å².